The first kappa shape index (κ1) is 23.7. The van der Waals surface area contributed by atoms with Crippen LogP contribution in [0.2, 0.25) is 5.02 Å². The highest BCUT2D eigenvalue weighted by Crippen LogP contribution is 2.12. The van der Waals surface area contributed by atoms with Gasteiger partial charge in [0, 0.05) is 5.02 Å². The second kappa shape index (κ2) is 9.98. The van der Waals surface area contributed by atoms with Gasteiger partial charge in [-0.05, 0) is 59.7 Å². The Morgan fingerprint density at radius 1 is 0.923 bits per heavy atom. The van der Waals surface area contributed by atoms with Crippen molar-refractivity contribution in [2.24, 2.45) is 0 Å². The fourth-order valence-corrected chi connectivity index (χ4v) is 1.47. The second-order valence-electron chi connectivity index (χ2n) is 6.92. The summed E-state index contributed by atoms with van der Waals surface area (Å²) in [4.78, 5) is 36.1. The molecule has 0 atom stereocenters. The second-order valence-corrected chi connectivity index (χ2v) is 7.36. The van der Waals surface area contributed by atoms with Crippen LogP contribution in [0.5, 0.6) is 0 Å². The molecule has 26 heavy (non-hydrogen) atoms. The highest BCUT2D eigenvalue weighted by Gasteiger charge is 2.24. The summed E-state index contributed by atoms with van der Waals surface area (Å²) in [6, 6.07) is 6.11. The predicted octanol–water partition coefficient (Wildman–Crippen LogP) is 4.84. The van der Waals surface area contributed by atoms with Crippen molar-refractivity contribution >= 4 is 29.9 Å². The van der Waals surface area contributed by atoms with E-state index in [1.807, 2.05) is 0 Å². The van der Waals surface area contributed by atoms with Gasteiger partial charge < -0.3 is 14.2 Å². The summed E-state index contributed by atoms with van der Waals surface area (Å²) in [6.07, 6.45) is -2.12. The summed E-state index contributed by atoms with van der Waals surface area (Å²) in [5.74, 6) is -0.813. The first-order chi connectivity index (χ1) is 11.7. The van der Waals surface area contributed by atoms with Crippen molar-refractivity contribution < 1.29 is 38.7 Å². The zero-order valence-corrected chi connectivity index (χ0v) is 16.2. The Hall–Kier alpha value is -2.32. The Morgan fingerprint density at radius 2 is 1.38 bits per heavy atom. The Morgan fingerprint density at radius 3 is 1.73 bits per heavy atom. The molecule has 0 aliphatic heterocycles. The van der Waals surface area contributed by atoms with Crippen LogP contribution in [0, 0.1) is 0 Å². The van der Waals surface area contributed by atoms with E-state index in [9.17, 15) is 14.4 Å². The van der Waals surface area contributed by atoms with Gasteiger partial charge >= 0.3 is 18.3 Å². The van der Waals surface area contributed by atoms with E-state index in [4.69, 9.17) is 26.3 Å². The maximum atomic E-state index is 11.0. The van der Waals surface area contributed by atoms with E-state index in [1.54, 1.807) is 53.7 Å². The quantitative estimate of drug-likeness (QED) is 0.238. The predicted molar refractivity (Wildman–Crippen MR) is 93.0 cm³/mol. The molecule has 1 aromatic carbocycles. The van der Waals surface area contributed by atoms with Crippen LogP contribution in [0.25, 0.3) is 0 Å². The van der Waals surface area contributed by atoms with Crippen molar-refractivity contribution in [3.63, 3.8) is 0 Å². The van der Waals surface area contributed by atoms with E-state index in [1.165, 1.54) is 12.1 Å². The average molecular weight is 391 g/mol. The summed E-state index contributed by atoms with van der Waals surface area (Å²) < 4.78 is 13.8. The maximum absolute atomic E-state index is 11.0. The molecule has 0 aromatic heterocycles. The summed E-state index contributed by atoms with van der Waals surface area (Å²) in [5.41, 5.74) is -1.17. The fourth-order valence-electron chi connectivity index (χ4n) is 1.28. The number of benzene rings is 1. The van der Waals surface area contributed by atoms with Crippen molar-refractivity contribution in [2.45, 2.75) is 52.7 Å². The molecule has 146 valence electrons. The van der Waals surface area contributed by atoms with E-state index in [0.29, 0.717) is 5.02 Å². The van der Waals surface area contributed by atoms with Gasteiger partial charge in [-0.15, -0.1) is 0 Å². The molecular weight excluding hydrogens is 368 g/mol. The lowest BCUT2D eigenvalue weighted by Gasteiger charge is -2.20. The van der Waals surface area contributed by atoms with Crippen molar-refractivity contribution in [3.8, 4) is 0 Å². The molecule has 9 heteroatoms. The average Bonchev–Trinajstić information content (AvgIpc) is 2.42. The minimum atomic E-state index is -1.06. The van der Waals surface area contributed by atoms with Gasteiger partial charge in [0.2, 0.25) is 0 Å². The molecule has 8 nitrogen and oxygen atoms in total. The topological polar surface area (TPSA) is 108 Å². The highest BCUT2D eigenvalue weighted by atomic mass is 35.5. The minimum absolute atomic E-state index is 0.222. The van der Waals surface area contributed by atoms with Crippen molar-refractivity contribution in [3.05, 3.63) is 34.9 Å². The van der Waals surface area contributed by atoms with E-state index in [0.717, 1.165) is 0 Å². The van der Waals surface area contributed by atoms with Gasteiger partial charge in [-0.25, -0.2) is 14.4 Å². The monoisotopic (exact) mass is 390 g/mol. The standard InChI is InChI=1S/C10H18O5.C7H5ClO3/c1-9(2,3)14-7(11)13-8(12)15-10(4,5)6;8-6-3-1-2-5(4-6)7(9)11-10/h1-6H3;1-4,10H. The SMILES string of the molecule is CC(C)(C)OC(=O)OC(=O)OC(C)(C)C.O=C(OO)c1cccc(Cl)c1. The van der Waals surface area contributed by atoms with Crippen LogP contribution in [-0.2, 0) is 19.1 Å². The lowest BCUT2D eigenvalue weighted by atomic mass is 10.2. The molecule has 0 unspecified atom stereocenters. The summed E-state index contributed by atoms with van der Waals surface area (Å²) in [7, 11) is 0. The third-order valence-electron chi connectivity index (χ3n) is 2.09. The molecule has 0 bridgehead atoms. The largest absolute Gasteiger partial charge is 0.519 e. The first-order valence-electron chi connectivity index (χ1n) is 7.48. The van der Waals surface area contributed by atoms with E-state index in [2.05, 4.69) is 9.62 Å². The van der Waals surface area contributed by atoms with E-state index in [-0.39, 0.29) is 5.56 Å². The minimum Gasteiger partial charge on any atom is -0.428 e. The van der Waals surface area contributed by atoms with Crippen molar-refractivity contribution in [2.75, 3.05) is 0 Å². The van der Waals surface area contributed by atoms with Gasteiger partial charge in [0.25, 0.3) is 0 Å². The lowest BCUT2D eigenvalue weighted by Crippen LogP contribution is -2.29. The Labute approximate surface area is 156 Å². The van der Waals surface area contributed by atoms with E-state index < -0.39 is 29.5 Å². The van der Waals surface area contributed by atoms with Gasteiger partial charge in [0.15, 0.2) is 0 Å². The first-order valence-corrected chi connectivity index (χ1v) is 7.86. The van der Waals surface area contributed by atoms with E-state index >= 15 is 0 Å². The summed E-state index contributed by atoms with van der Waals surface area (Å²) in [5, 5.41) is 8.41. The number of hydrogen-bond acceptors (Lipinski definition) is 8. The van der Waals surface area contributed by atoms with Gasteiger partial charge in [-0.3, -0.25) is 4.89 Å². The molecule has 0 aliphatic carbocycles. The number of carbonyl (C=O) groups excluding carboxylic acids is 3. The zero-order valence-electron chi connectivity index (χ0n) is 15.5. The Kier molecular flexibility index (Phi) is 9.09. The van der Waals surface area contributed by atoms with Crippen LogP contribution in [0.15, 0.2) is 24.3 Å². The van der Waals surface area contributed by atoms with Crippen LogP contribution < -0.4 is 0 Å². The molecule has 0 saturated carbocycles. The maximum Gasteiger partial charge on any atom is 0.519 e. The number of hydrogen-bond donors (Lipinski definition) is 1. The highest BCUT2D eigenvalue weighted by molar-refractivity contribution is 6.30. The van der Waals surface area contributed by atoms with Gasteiger partial charge in [-0.2, -0.15) is 5.26 Å². The van der Waals surface area contributed by atoms with Crippen molar-refractivity contribution in [1.82, 2.24) is 0 Å². The fraction of sp³-hybridized carbons (Fsp3) is 0.471. The normalized spacial score (nSPS) is 10.8. The molecule has 0 heterocycles. The van der Waals surface area contributed by atoms with Gasteiger partial charge in [0.05, 0.1) is 5.56 Å². The summed E-state index contributed by atoms with van der Waals surface area (Å²) in [6.45, 7) is 10.0. The molecule has 0 radical (unpaired) electrons. The van der Waals surface area contributed by atoms with Crippen LogP contribution in [0.3, 0.4) is 0 Å². The zero-order chi connectivity index (χ0) is 20.5. The number of rotatable bonds is 1. The summed E-state index contributed by atoms with van der Waals surface area (Å²) >= 11 is 5.56. The number of halogens is 1. The number of carbonyl (C=O) groups is 3. The molecule has 1 aromatic rings. The van der Waals surface area contributed by atoms with Gasteiger partial charge in [-0.1, -0.05) is 17.7 Å². The molecule has 0 fully saturated rings. The third-order valence-corrected chi connectivity index (χ3v) is 2.32. The molecule has 0 saturated heterocycles. The molecular formula is C17H23ClO8. The smallest absolute Gasteiger partial charge is 0.428 e. The van der Waals surface area contributed by atoms with Crippen LogP contribution in [0.1, 0.15) is 51.9 Å². The molecule has 1 rings (SSSR count). The van der Waals surface area contributed by atoms with Crippen LogP contribution in [-0.4, -0.2) is 34.7 Å². The molecule has 0 amide bonds. The molecule has 0 aliphatic rings. The van der Waals surface area contributed by atoms with Crippen LogP contribution in [0.4, 0.5) is 9.59 Å². The van der Waals surface area contributed by atoms with Gasteiger partial charge in [0.1, 0.15) is 11.2 Å². The van der Waals surface area contributed by atoms with Crippen LogP contribution >= 0.6 is 11.6 Å². The molecule has 1 N–H and O–H groups in total. The lowest BCUT2D eigenvalue weighted by molar-refractivity contribution is -0.182. The van der Waals surface area contributed by atoms with Crippen molar-refractivity contribution in [1.29, 1.82) is 0 Å². The Balaban J connectivity index is 0.000000502. The third kappa shape index (κ3) is 12.1. The molecule has 0 spiro atoms. The number of ether oxygens (including phenoxy) is 3. The Bertz CT molecular complexity index is 602.